The van der Waals surface area contributed by atoms with Gasteiger partial charge in [0, 0.05) is 0 Å². The summed E-state index contributed by atoms with van der Waals surface area (Å²) in [6, 6.07) is 19.6. The highest BCUT2D eigenvalue weighted by atomic mass is 16.6. The Bertz CT molecular complexity index is 939. The van der Waals surface area contributed by atoms with Crippen LogP contribution >= 0.6 is 0 Å². The molecule has 2 aromatic carbocycles. The number of para-hydroxylation sites is 2. The molecule has 3 aromatic rings. The van der Waals surface area contributed by atoms with Crippen LogP contribution < -0.4 is 14.8 Å². The van der Waals surface area contributed by atoms with Crippen molar-refractivity contribution in [2.24, 2.45) is 0 Å². The number of carbonyl (C=O) groups is 2. The van der Waals surface area contributed by atoms with Gasteiger partial charge >= 0.3 is 5.97 Å². The molecule has 0 spiro atoms. The summed E-state index contributed by atoms with van der Waals surface area (Å²) in [6.07, 6.45) is 0.550. The highest BCUT2D eigenvalue weighted by molar-refractivity contribution is 5.94. The fourth-order valence-electron chi connectivity index (χ4n) is 2.60. The lowest BCUT2D eigenvalue weighted by Crippen LogP contribution is -2.35. The predicted molar refractivity (Wildman–Crippen MR) is 109 cm³/mol. The maximum atomic E-state index is 12.5. The quantitative estimate of drug-likeness (QED) is 0.407. The molecule has 0 aliphatic carbocycles. The second kappa shape index (κ2) is 10.7. The van der Waals surface area contributed by atoms with Crippen LogP contribution in [-0.4, -0.2) is 31.2 Å². The molecule has 0 aliphatic rings. The van der Waals surface area contributed by atoms with E-state index in [1.165, 1.54) is 13.2 Å². The molecule has 1 N–H and O–H groups in total. The van der Waals surface area contributed by atoms with E-state index >= 15 is 0 Å². The Labute approximate surface area is 174 Å². The second-order valence-electron chi connectivity index (χ2n) is 6.35. The van der Waals surface area contributed by atoms with Crippen LogP contribution in [0.4, 0.5) is 0 Å². The normalized spacial score (nSPS) is 11.4. The van der Waals surface area contributed by atoms with Gasteiger partial charge in [-0.25, -0.2) is 4.79 Å². The monoisotopic (exact) mass is 409 g/mol. The highest BCUT2D eigenvalue weighted by Gasteiger charge is 2.21. The van der Waals surface area contributed by atoms with E-state index in [2.05, 4.69) is 5.32 Å². The molecule has 7 heteroatoms. The van der Waals surface area contributed by atoms with Crippen LogP contribution in [0.25, 0.3) is 0 Å². The minimum Gasteiger partial charge on any atom is -0.490 e. The van der Waals surface area contributed by atoms with E-state index in [1.807, 2.05) is 30.3 Å². The Morgan fingerprint density at radius 1 is 0.933 bits per heavy atom. The van der Waals surface area contributed by atoms with E-state index in [4.69, 9.17) is 18.6 Å². The molecule has 0 saturated carbocycles. The molecule has 1 heterocycles. The topological polar surface area (TPSA) is 87.0 Å². The van der Waals surface area contributed by atoms with Gasteiger partial charge < -0.3 is 23.9 Å². The number of amides is 1. The number of rotatable bonds is 10. The average Bonchev–Trinajstić information content (AvgIpc) is 3.29. The van der Waals surface area contributed by atoms with Gasteiger partial charge in [0.25, 0.3) is 5.91 Å². The summed E-state index contributed by atoms with van der Waals surface area (Å²) in [4.78, 5) is 24.7. The smallest absolute Gasteiger partial charge is 0.342 e. The SMILES string of the molecule is C[C@@H](OC(=O)c1ccccc1OCCOc1ccccc1)C(=O)NCc1ccco1. The first kappa shape index (κ1) is 21.0. The molecule has 1 atom stereocenters. The number of hydrogen-bond acceptors (Lipinski definition) is 6. The van der Waals surface area contributed by atoms with Crippen molar-refractivity contribution in [1.82, 2.24) is 5.32 Å². The zero-order chi connectivity index (χ0) is 21.2. The van der Waals surface area contributed by atoms with Crippen molar-refractivity contribution in [1.29, 1.82) is 0 Å². The first-order chi connectivity index (χ1) is 14.6. The molecular formula is C23H23NO6. The van der Waals surface area contributed by atoms with E-state index in [0.717, 1.165) is 5.75 Å². The van der Waals surface area contributed by atoms with Crippen molar-refractivity contribution >= 4 is 11.9 Å². The van der Waals surface area contributed by atoms with Gasteiger partial charge in [0.1, 0.15) is 36.0 Å². The fourth-order valence-corrected chi connectivity index (χ4v) is 2.60. The maximum Gasteiger partial charge on any atom is 0.342 e. The minimum atomic E-state index is -0.970. The van der Waals surface area contributed by atoms with E-state index in [-0.39, 0.29) is 18.7 Å². The molecule has 0 saturated heterocycles. The second-order valence-corrected chi connectivity index (χ2v) is 6.35. The predicted octanol–water partition coefficient (Wildman–Crippen LogP) is 3.60. The van der Waals surface area contributed by atoms with E-state index < -0.39 is 18.0 Å². The number of benzene rings is 2. The molecular weight excluding hydrogens is 386 g/mol. The minimum absolute atomic E-state index is 0.217. The molecule has 156 valence electrons. The van der Waals surface area contributed by atoms with Crippen LogP contribution in [-0.2, 0) is 16.1 Å². The van der Waals surface area contributed by atoms with Gasteiger partial charge in [0.05, 0.1) is 12.8 Å². The summed E-state index contributed by atoms with van der Waals surface area (Å²) in [5.41, 5.74) is 0.239. The van der Waals surface area contributed by atoms with Crippen molar-refractivity contribution in [3.63, 3.8) is 0 Å². The summed E-state index contributed by atoms with van der Waals surface area (Å²) in [5.74, 6) is 0.647. The molecule has 0 unspecified atom stereocenters. The van der Waals surface area contributed by atoms with Crippen LogP contribution in [0.1, 0.15) is 23.0 Å². The van der Waals surface area contributed by atoms with Crippen molar-refractivity contribution in [3.8, 4) is 11.5 Å². The Balaban J connectivity index is 1.49. The largest absolute Gasteiger partial charge is 0.490 e. The lowest BCUT2D eigenvalue weighted by molar-refractivity contribution is -0.129. The van der Waals surface area contributed by atoms with E-state index in [9.17, 15) is 9.59 Å². The standard InChI is InChI=1S/C23H23NO6/c1-17(22(25)24-16-19-10-7-13-27-19)30-23(26)20-11-5-6-12-21(20)29-15-14-28-18-8-3-2-4-9-18/h2-13,17H,14-16H2,1H3,(H,24,25)/t17-/m1/s1. The average molecular weight is 409 g/mol. The molecule has 30 heavy (non-hydrogen) atoms. The fraction of sp³-hybridized carbons (Fsp3) is 0.217. The van der Waals surface area contributed by atoms with Crippen molar-refractivity contribution in [3.05, 3.63) is 84.3 Å². The van der Waals surface area contributed by atoms with Crippen molar-refractivity contribution in [2.75, 3.05) is 13.2 Å². The highest BCUT2D eigenvalue weighted by Crippen LogP contribution is 2.20. The Hall–Kier alpha value is -3.74. The molecule has 0 radical (unpaired) electrons. The molecule has 0 fully saturated rings. The van der Waals surface area contributed by atoms with Crippen LogP contribution in [0.3, 0.4) is 0 Å². The third-order valence-electron chi connectivity index (χ3n) is 4.13. The number of nitrogens with one attached hydrogen (secondary N) is 1. The van der Waals surface area contributed by atoms with Gasteiger partial charge in [-0.2, -0.15) is 0 Å². The third-order valence-corrected chi connectivity index (χ3v) is 4.13. The van der Waals surface area contributed by atoms with Crippen LogP contribution in [0.15, 0.2) is 77.4 Å². The summed E-state index contributed by atoms with van der Waals surface area (Å²) in [5, 5.41) is 2.66. The first-order valence-corrected chi connectivity index (χ1v) is 9.54. The Morgan fingerprint density at radius 2 is 1.67 bits per heavy atom. The first-order valence-electron chi connectivity index (χ1n) is 9.54. The molecule has 7 nitrogen and oxygen atoms in total. The number of ether oxygens (including phenoxy) is 3. The van der Waals surface area contributed by atoms with Crippen LogP contribution in [0, 0.1) is 0 Å². The summed E-state index contributed by atoms with van der Waals surface area (Å²) < 4.78 is 21.7. The Morgan fingerprint density at radius 3 is 2.43 bits per heavy atom. The molecule has 0 bridgehead atoms. The zero-order valence-corrected chi connectivity index (χ0v) is 16.6. The van der Waals surface area contributed by atoms with Gasteiger partial charge in [-0.3, -0.25) is 4.79 Å². The van der Waals surface area contributed by atoms with Gasteiger partial charge in [0.2, 0.25) is 0 Å². The molecule has 1 aromatic heterocycles. The van der Waals surface area contributed by atoms with Crippen LogP contribution in [0.2, 0.25) is 0 Å². The van der Waals surface area contributed by atoms with E-state index in [1.54, 1.807) is 36.4 Å². The summed E-state index contributed by atoms with van der Waals surface area (Å²) in [7, 11) is 0. The summed E-state index contributed by atoms with van der Waals surface area (Å²) in [6.45, 7) is 2.29. The third kappa shape index (κ3) is 6.13. The molecule has 0 aliphatic heterocycles. The number of esters is 1. The lowest BCUT2D eigenvalue weighted by Gasteiger charge is -2.15. The number of carbonyl (C=O) groups excluding carboxylic acids is 2. The lowest BCUT2D eigenvalue weighted by atomic mass is 10.2. The number of hydrogen-bond donors (Lipinski definition) is 1. The molecule has 1 amide bonds. The van der Waals surface area contributed by atoms with Crippen molar-refractivity contribution < 1.29 is 28.2 Å². The maximum absolute atomic E-state index is 12.5. The zero-order valence-electron chi connectivity index (χ0n) is 16.6. The van der Waals surface area contributed by atoms with Gasteiger partial charge in [-0.05, 0) is 43.3 Å². The van der Waals surface area contributed by atoms with Crippen molar-refractivity contribution in [2.45, 2.75) is 19.6 Å². The number of furan rings is 1. The summed E-state index contributed by atoms with van der Waals surface area (Å²) >= 11 is 0. The van der Waals surface area contributed by atoms with Crippen LogP contribution in [0.5, 0.6) is 11.5 Å². The van der Waals surface area contributed by atoms with Gasteiger partial charge in [-0.1, -0.05) is 30.3 Å². The van der Waals surface area contributed by atoms with E-state index in [0.29, 0.717) is 18.1 Å². The Kier molecular flexibility index (Phi) is 7.49. The van der Waals surface area contributed by atoms with Gasteiger partial charge in [0.15, 0.2) is 6.10 Å². The van der Waals surface area contributed by atoms with Gasteiger partial charge in [-0.15, -0.1) is 0 Å². The molecule has 3 rings (SSSR count).